The zero-order valence-corrected chi connectivity index (χ0v) is 16.8. The van der Waals surface area contributed by atoms with E-state index >= 15 is 0 Å². The number of amides is 2. The molecule has 0 spiro atoms. The third-order valence-corrected chi connectivity index (χ3v) is 5.38. The molecule has 0 aliphatic carbocycles. The number of piperazine rings is 1. The first kappa shape index (κ1) is 19.9. The van der Waals surface area contributed by atoms with Crippen LogP contribution in [0.5, 0.6) is 0 Å². The van der Waals surface area contributed by atoms with Crippen molar-refractivity contribution in [3.8, 4) is 0 Å². The fraction of sp³-hybridized carbons (Fsp3) is 0.200. The van der Waals surface area contributed by atoms with Gasteiger partial charge in [-0.05, 0) is 35.9 Å². The highest BCUT2D eigenvalue weighted by atomic mass is 16.2. The van der Waals surface area contributed by atoms with Crippen molar-refractivity contribution >= 4 is 17.5 Å². The number of nitrogens with zero attached hydrogens (tertiary/aromatic N) is 2. The SMILES string of the molecule is O=C(Nc1ccccc1CN1CCN(C(=O)c2ccccc2)CC1)c1ccccc1. The molecule has 0 saturated carbocycles. The predicted octanol–water partition coefficient (Wildman–Crippen LogP) is 3.90. The van der Waals surface area contributed by atoms with Crippen LogP contribution >= 0.6 is 0 Å². The normalized spacial score (nSPS) is 14.3. The average Bonchev–Trinajstić information content (AvgIpc) is 2.81. The van der Waals surface area contributed by atoms with Crippen LogP contribution in [-0.2, 0) is 6.54 Å². The molecule has 1 saturated heterocycles. The highest BCUT2D eigenvalue weighted by Crippen LogP contribution is 2.20. The Morgan fingerprint density at radius 3 is 1.93 bits per heavy atom. The van der Waals surface area contributed by atoms with Crippen LogP contribution < -0.4 is 5.32 Å². The third kappa shape index (κ3) is 4.75. The summed E-state index contributed by atoms with van der Waals surface area (Å²) < 4.78 is 0. The molecule has 1 N–H and O–H groups in total. The third-order valence-electron chi connectivity index (χ3n) is 5.38. The van der Waals surface area contributed by atoms with Crippen LogP contribution in [0.2, 0.25) is 0 Å². The standard InChI is InChI=1S/C25H25N3O2/c29-24(20-9-3-1-4-10-20)26-23-14-8-7-13-22(23)19-27-15-17-28(18-16-27)25(30)21-11-5-2-6-12-21/h1-14H,15-19H2,(H,26,29). The minimum absolute atomic E-state index is 0.0887. The molecule has 0 atom stereocenters. The number of hydrogen-bond acceptors (Lipinski definition) is 3. The zero-order valence-electron chi connectivity index (χ0n) is 16.8. The van der Waals surface area contributed by atoms with Gasteiger partial charge in [-0.25, -0.2) is 0 Å². The van der Waals surface area contributed by atoms with Gasteiger partial charge in [0.2, 0.25) is 0 Å². The van der Waals surface area contributed by atoms with Crippen LogP contribution in [0.4, 0.5) is 5.69 Å². The van der Waals surface area contributed by atoms with Gasteiger partial charge in [0.05, 0.1) is 0 Å². The van der Waals surface area contributed by atoms with Crippen LogP contribution in [0.3, 0.4) is 0 Å². The van der Waals surface area contributed by atoms with E-state index in [0.29, 0.717) is 18.7 Å². The van der Waals surface area contributed by atoms with Gasteiger partial charge in [-0.2, -0.15) is 0 Å². The van der Waals surface area contributed by atoms with Crippen molar-refractivity contribution in [1.29, 1.82) is 0 Å². The molecule has 1 heterocycles. The lowest BCUT2D eigenvalue weighted by Gasteiger charge is -2.35. The lowest BCUT2D eigenvalue weighted by atomic mass is 10.1. The number of carbonyl (C=O) groups excluding carboxylic acids is 2. The van der Waals surface area contributed by atoms with Crippen molar-refractivity contribution in [2.75, 3.05) is 31.5 Å². The summed E-state index contributed by atoms with van der Waals surface area (Å²) in [5.74, 6) is -0.0212. The molecule has 1 aliphatic heterocycles. The van der Waals surface area contributed by atoms with Crippen molar-refractivity contribution in [2.45, 2.75) is 6.54 Å². The van der Waals surface area contributed by atoms with Gasteiger partial charge in [-0.1, -0.05) is 54.6 Å². The second-order valence-corrected chi connectivity index (χ2v) is 7.41. The van der Waals surface area contributed by atoms with Crippen LogP contribution in [0.25, 0.3) is 0 Å². The topological polar surface area (TPSA) is 52.7 Å². The Labute approximate surface area is 176 Å². The van der Waals surface area contributed by atoms with Gasteiger partial charge >= 0.3 is 0 Å². The largest absolute Gasteiger partial charge is 0.336 e. The van der Waals surface area contributed by atoms with E-state index in [1.165, 1.54) is 0 Å². The molecule has 3 aromatic rings. The number of anilines is 1. The summed E-state index contributed by atoms with van der Waals surface area (Å²) in [4.78, 5) is 29.4. The Hall–Kier alpha value is -3.44. The molecule has 0 unspecified atom stereocenters. The van der Waals surface area contributed by atoms with Gasteiger partial charge in [-0.3, -0.25) is 14.5 Å². The van der Waals surface area contributed by atoms with E-state index in [9.17, 15) is 9.59 Å². The maximum Gasteiger partial charge on any atom is 0.255 e. The van der Waals surface area contributed by atoms with Gasteiger partial charge < -0.3 is 10.2 Å². The molecule has 1 aliphatic rings. The first-order chi connectivity index (χ1) is 14.7. The molecule has 4 rings (SSSR count). The number of para-hydroxylation sites is 1. The molecule has 0 aromatic heterocycles. The molecular formula is C25H25N3O2. The van der Waals surface area contributed by atoms with Gasteiger partial charge in [0, 0.05) is 49.5 Å². The quantitative estimate of drug-likeness (QED) is 0.708. The highest BCUT2D eigenvalue weighted by Gasteiger charge is 2.22. The van der Waals surface area contributed by atoms with Crippen LogP contribution in [0, 0.1) is 0 Å². The Balaban J connectivity index is 1.37. The van der Waals surface area contributed by atoms with E-state index in [4.69, 9.17) is 0 Å². The second-order valence-electron chi connectivity index (χ2n) is 7.41. The first-order valence-electron chi connectivity index (χ1n) is 10.2. The van der Waals surface area contributed by atoms with Crippen molar-refractivity contribution < 1.29 is 9.59 Å². The number of rotatable bonds is 5. The molecule has 5 heteroatoms. The van der Waals surface area contributed by atoms with E-state index in [2.05, 4.69) is 10.2 Å². The van der Waals surface area contributed by atoms with E-state index in [-0.39, 0.29) is 11.8 Å². The molecule has 0 radical (unpaired) electrons. The molecule has 0 bridgehead atoms. The predicted molar refractivity (Wildman–Crippen MR) is 118 cm³/mol. The number of benzene rings is 3. The maximum absolute atomic E-state index is 12.6. The highest BCUT2D eigenvalue weighted by molar-refractivity contribution is 6.04. The summed E-state index contributed by atoms with van der Waals surface area (Å²) in [5.41, 5.74) is 3.28. The maximum atomic E-state index is 12.6. The summed E-state index contributed by atoms with van der Waals surface area (Å²) in [5, 5.41) is 3.03. The monoisotopic (exact) mass is 399 g/mol. The molecule has 2 amide bonds. The molecule has 1 fully saturated rings. The van der Waals surface area contributed by atoms with Crippen molar-refractivity contribution in [2.24, 2.45) is 0 Å². The zero-order chi connectivity index (χ0) is 20.8. The van der Waals surface area contributed by atoms with Crippen molar-refractivity contribution in [3.05, 3.63) is 102 Å². The van der Waals surface area contributed by atoms with Gasteiger partial charge in [0.1, 0.15) is 0 Å². The Morgan fingerprint density at radius 2 is 1.27 bits per heavy atom. The van der Waals surface area contributed by atoms with Crippen LogP contribution in [-0.4, -0.2) is 47.8 Å². The summed E-state index contributed by atoms with van der Waals surface area (Å²) in [7, 11) is 0. The average molecular weight is 399 g/mol. The Bertz CT molecular complexity index is 997. The van der Waals surface area contributed by atoms with E-state index < -0.39 is 0 Å². The van der Waals surface area contributed by atoms with Crippen molar-refractivity contribution in [3.63, 3.8) is 0 Å². The van der Waals surface area contributed by atoms with E-state index in [1.54, 1.807) is 12.1 Å². The van der Waals surface area contributed by atoms with Gasteiger partial charge in [0.25, 0.3) is 11.8 Å². The lowest BCUT2D eigenvalue weighted by Crippen LogP contribution is -2.48. The lowest BCUT2D eigenvalue weighted by molar-refractivity contribution is 0.0628. The summed E-state index contributed by atoms with van der Waals surface area (Å²) in [6.45, 7) is 3.75. The van der Waals surface area contributed by atoms with Gasteiger partial charge in [0.15, 0.2) is 0 Å². The Kier molecular flexibility index (Phi) is 6.20. The minimum Gasteiger partial charge on any atom is -0.336 e. The molecule has 30 heavy (non-hydrogen) atoms. The summed E-state index contributed by atoms with van der Waals surface area (Å²) >= 11 is 0. The van der Waals surface area contributed by atoms with E-state index in [0.717, 1.165) is 36.4 Å². The number of nitrogens with one attached hydrogen (secondary N) is 1. The van der Waals surface area contributed by atoms with Crippen LogP contribution in [0.15, 0.2) is 84.9 Å². The summed E-state index contributed by atoms with van der Waals surface area (Å²) in [6.07, 6.45) is 0. The first-order valence-corrected chi connectivity index (χ1v) is 10.2. The fourth-order valence-electron chi connectivity index (χ4n) is 3.68. The fourth-order valence-corrected chi connectivity index (χ4v) is 3.68. The minimum atomic E-state index is -0.110. The number of carbonyl (C=O) groups is 2. The number of hydrogen-bond donors (Lipinski definition) is 1. The molecular weight excluding hydrogens is 374 g/mol. The van der Waals surface area contributed by atoms with Crippen LogP contribution in [0.1, 0.15) is 26.3 Å². The molecule has 152 valence electrons. The second kappa shape index (κ2) is 9.37. The molecule has 5 nitrogen and oxygen atoms in total. The smallest absolute Gasteiger partial charge is 0.255 e. The van der Waals surface area contributed by atoms with Gasteiger partial charge in [-0.15, -0.1) is 0 Å². The Morgan fingerprint density at radius 1 is 0.700 bits per heavy atom. The van der Waals surface area contributed by atoms with E-state index in [1.807, 2.05) is 77.7 Å². The van der Waals surface area contributed by atoms with Crippen molar-refractivity contribution in [1.82, 2.24) is 9.80 Å². The molecule has 3 aromatic carbocycles. The summed E-state index contributed by atoms with van der Waals surface area (Å²) in [6, 6.07) is 26.6.